The minimum absolute atomic E-state index is 0.689. The highest BCUT2D eigenvalue weighted by molar-refractivity contribution is 6.27. The van der Waals surface area contributed by atoms with Gasteiger partial charge in [-0.05, 0) is 72.8 Å². The van der Waals surface area contributed by atoms with Crippen molar-refractivity contribution >= 4 is 43.3 Å². The lowest BCUT2D eigenvalue weighted by Gasteiger charge is -2.19. The first kappa shape index (κ1) is 32.8. The van der Waals surface area contributed by atoms with Crippen LogP contribution in [-0.2, 0) is 0 Å². The fourth-order valence-electron chi connectivity index (χ4n) is 8.36. The highest BCUT2D eigenvalue weighted by atomic mass is 16.3. The molecule has 0 amide bonds. The maximum absolute atomic E-state index is 6.16. The maximum Gasteiger partial charge on any atom is 0.160 e. The van der Waals surface area contributed by atoms with Crippen LogP contribution < -0.4 is 0 Å². The van der Waals surface area contributed by atoms with E-state index in [1.165, 1.54) is 49.0 Å². The second-order valence-electron chi connectivity index (χ2n) is 14.5. The molecule has 11 rings (SSSR count). The number of hydrogen-bond acceptors (Lipinski definition) is 3. The van der Waals surface area contributed by atoms with Gasteiger partial charge in [0.05, 0.1) is 11.4 Å². The first-order valence-electron chi connectivity index (χ1n) is 19.3. The lowest BCUT2D eigenvalue weighted by atomic mass is 9.84. The molecular formula is C54H34N2O. The van der Waals surface area contributed by atoms with Gasteiger partial charge in [-0.2, -0.15) is 0 Å². The van der Waals surface area contributed by atoms with Crippen molar-refractivity contribution in [3.8, 4) is 67.5 Å². The van der Waals surface area contributed by atoms with E-state index in [1.807, 2.05) is 36.4 Å². The molecule has 3 heteroatoms. The lowest BCUT2D eigenvalue weighted by molar-refractivity contribution is 0.631. The third-order valence-corrected chi connectivity index (χ3v) is 11.1. The summed E-state index contributed by atoms with van der Waals surface area (Å²) in [5.41, 5.74) is 11.5. The summed E-state index contributed by atoms with van der Waals surface area (Å²) in [6, 6.07) is 72.8. The molecule has 0 aliphatic rings. The molecule has 0 aliphatic heterocycles. The zero-order valence-corrected chi connectivity index (χ0v) is 30.9. The van der Waals surface area contributed by atoms with Gasteiger partial charge in [-0.3, -0.25) is 0 Å². The minimum atomic E-state index is 0.689. The van der Waals surface area contributed by atoms with Gasteiger partial charge in [-0.15, -0.1) is 0 Å². The Bertz CT molecular complexity index is 3220. The molecule has 2 aromatic heterocycles. The highest BCUT2D eigenvalue weighted by Gasteiger charge is 2.19. The number of rotatable bonds is 6. The summed E-state index contributed by atoms with van der Waals surface area (Å²) in [5.74, 6) is 1.54. The molecule has 0 saturated carbocycles. The summed E-state index contributed by atoms with van der Waals surface area (Å²) in [7, 11) is 0. The van der Waals surface area contributed by atoms with Crippen LogP contribution in [0.3, 0.4) is 0 Å². The normalized spacial score (nSPS) is 11.5. The predicted molar refractivity (Wildman–Crippen MR) is 237 cm³/mol. The smallest absolute Gasteiger partial charge is 0.160 e. The average Bonchev–Trinajstić information content (AvgIpc) is 3.73. The number of furan rings is 1. The van der Waals surface area contributed by atoms with E-state index < -0.39 is 0 Å². The molecule has 3 nitrogen and oxygen atoms in total. The Balaban J connectivity index is 1.05. The number of aromatic nitrogens is 2. The number of hydrogen-bond donors (Lipinski definition) is 0. The highest BCUT2D eigenvalue weighted by Crippen LogP contribution is 2.46. The minimum Gasteiger partial charge on any atom is -0.456 e. The van der Waals surface area contributed by atoms with Crippen LogP contribution in [0.2, 0.25) is 0 Å². The molecular weight excluding hydrogens is 693 g/mol. The molecule has 266 valence electrons. The van der Waals surface area contributed by atoms with E-state index in [2.05, 4.69) is 170 Å². The Labute approximate surface area is 330 Å². The van der Waals surface area contributed by atoms with Crippen LogP contribution in [0.4, 0.5) is 0 Å². The molecule has 9 aromatic carbocycles. The number of para-hydroxylation sites is 1. The molecule has 0 spiro atoms. The quantitative estimate of drug-likeness (QED) is 0.126. The predicted octanol–water partition coefficient (Wildman–Crippen LogP) is 14.7. The van der Waals surface area contributed by atoms with Crippen molar-refractivity contribution in [1.82, 2.24) is 9.97 Å². The van der Waals surface area contributed by atoms with E-state index in [1.54, 1.807) is 0 Å². The summed E-state index contributed by atoms with van der Waals surface area (Å²) in [6.45, 7) is 0. The molecule has 0 N–H and O–H groups in total. The third kappa shape index (κ3) is 5.76. The topological polar surface area (TPSA) is 38.9 Å². The molecule has 0 aliphatic carbocycles. The second kappa shape index (κ2) is 13.6. The van der Waals surface area contributed by atoms with Crippen molar-refractivity contribution in [2.24, 2.45) is 0 Å². The van der Waals surface area contributed by atoms with E-state index in [4.69, 9.17) is 14.4 Å². The van der Waals surface area contributed by atoms with Crippen LogP contribution in [-0.4, -0.2) is 9.97 Å². The van der Waals surface area contributed by atoms with Crippen molar-refractivity contribution < 1.29 is 4.42 Å². The van der Waals surface area contributed by atoms with Crippen LogP contribution in [0.15, 0.2) is 211 Å². The fourth-order valence-corrected chi connectivity index (χ4v) is 8.36. The lowest BCUT2D eigenvalue weighted by Crippen LogP contribution is -1.96. The number of fused-ring (bicyclic) bond motifs is 5. The van der Waals surface area contributed by atoms with E-state index in [-0.39, 0.29) is 0 Å². The van der Waals surface area contributed by atoms with Crippen LogP contribution in [0.5, 0.6) is 0 Å². The summed E-state index contributed by atoms with van der Waals surface area (Å²) in [6.07, 6.45) is 0. The Hall–Kier alpha value is -7.62. The molecule has 0 bridgehead atoms. The zero-order valence-electron chi connectivity index (χ0n) is 30.9. The van der Waals surface area contributed by atoms with E-state index in [0.717, 1.165) is 55.9 Å². The van der Waals surface area contributed by atoms with Crippen LogP contribution in [0.25, 0.3) is 111 Å². The SMILES string of the molecule is c1ccc(-c2nc(-c3ccc(-c4cc5ccccc5o4)cc3)cc(-c3ccc(-c4c5ccccc5c(-c5ccccc5)c5c4ccc4ccccc45)cc3)n2)cc1. The third-order valence-electron chi connectivity index (χ3n) is 11.1. The van der Waals surface area contributed by atoms with E-state index >= 15 is 0 Å². The van der Waals surface area contributed by atoms with Gasteiger partial charge in [0.1, 0.15) is 11.3 Å². The Morgan fingerprint density at radius 3 is 1.49 bits per heavy atom. The number of nitrogens with zero attached hydrogens (tertiary/aromatic N) is 2. The van der Waals surface area contributed by atoms with Gasteiger partial charge in [0.2, 0.25) is 0 Å². The molecule has 0 radical (unpaired) electrons. The molecule has 0 unspecified atom stereocenters. The molecule has 0 fully saturated rings. The van der Waals surface area contributed by atoms with Gasteiger partial charge in [0.15, 0.2) is 5.82 Å². The van der Waals surface area contributed by atoms with Crippen molar-refractivity contribution in [2.45, 2.75) is 0 Å². The largest absolute Gasteiger partial charge is 0.456 e. The van der Waals surface area contributed by atoms with Gasteiger partial charge < -0.3 is 4.42 Å². The summed E-state index contributed by atoms with van der Waals surface area (Å²) in [5, 5.41) is 8.56. The Morgan fingerprint density at radius 1 is 0.316 bits per heavy atom. The van der Waals surface area contributed by atoms with Gasteiger partial charge >= 0.3 is 0 Å². The summed E-state index contributed by atoms with van der Waals surface area (Å²) in [4.78, 5) is 10.2. The standard InChI is InChI=1S/C54H34N2O/c1-3-14-39(15-4-1)52-45-21-11-10-20-44(45)51(46-32-31-35-13-7-9-19-43(35)53(46)52)40-29-25-37(26-30-40)48-34-47(55-54(56-48)41-16-5-2-6-17-41)36-23-27-38(28-24-36)50-33-42-18-8-12-22-49(42)57-50/h1-34H. The van der Waals surface area contributed by atoms with E-state index in [0.29, 0.717) is 5.82 Å². The first-order chi connectivity index (χ1) is 28.2. The Morgan fingerprint density at radius 2 is 0.825 bits per heavy atom. The summed E-state index contributed by atoms with van der Waals surface area (Å²) < 4.78 is 6.16. The molecule has 11 aromatic rings. The zero-order chi connectivity index (χ0) is 37.7. The maximum atomic E-state index is 6.16. The second-order valence-corrected chi connectivity index (χ2v) is 14.5. The van der Waals surface area contributed by atoms with Crippen LogP contribution >= 0.6 is 0 Å². The van der Waals surface area contributed by atoms with Crippen molar-refractivity contribution in [2.75, 3.05) is 0 Å². The van der Waals surface area contributed by atoms with Crippen molar-refractivity contribution in [3.05, 3.63) is 206 Å². The van der Waals surface area contributed by atoms with Gasteiger partial charge in [-0.25, -0.2) is 9.97 Å². The molecule has 57 heavy (non-hydrogen) atoms. The van der Waals surface area contributed by atoms with Gasteiger partial charge in [-0.1, -0.05) is 188 Å². The monoisotopic (exact) mass is 726 g/mol. The first-order valence-corrected chi connectivity index (χ1v) is 19.3. The van der Waals surface area contributed by atoms with Crippen molar-refractivity contribution in [1.29, 1.82) is 0 Å². The Kier molecular flexibility index (Phi) is 7.82. The average molecular weight is 727 g/mol. The van der Waals surface area contributed by atoms with Crippen molar-refractivity contribution in [3.63, 3.8) is 0 Å². The number of benzene rings is 9. The fraction of sp³-hybridized carbons (Fsp3) is 0. The van der Waals surface area contributed by atoms with Gasteiger partial charge in [0.25, 0.3) is 0 Å². The van der Waals surface area contributed by atoms with Crippen LogP contribution in [0.1, 0.15) is 0 Å². The van der Waals surface area contributed by atoms with E-state index in [9.17, 15) is 0 Å². The molecule has 0 atom stereocenters. The summed E-state index contributed by atoms with van der Waals surface area (Å²) >= 11 is 0. The van der Waals surface area contributed by atoms with Crippen LogP contribution in [0, 0.1) is 0 Å². The molecule has 0 saturated heterocycles. The van der Waals surface area contributed by atoms with Gasteiger partial charge in [0, 0.05) is 27.6 Å². The molecule has 2 heterocycles.